The Kier molecular flexibility index (Phi) is 9.88. The number of carbonyl (C=O) groups is 4. The van der Waals surface area contributed by atoms with E-state index in [0.29, 0.717) is 5.56 Å². The number of benzene rings is 2. The maximum Gasteiger partial charge on any atom is 0.303 e. The van der Waals surface area contributed by atoms with Gasteiger partial charge in [0.1, 0.15) is 18.8 Å². The summed E-state index contributed by atoms with van der Waals surface area (Å²) in [6, 6.07) is 14.3. The van der Waals surface area contributed by atoms with Gasteiger partial charge in [0.2, 0.25) is 0 Å². The maximum absolute atomic E-state index is 12.3. The maximum atomic E-state index is 12.3. The Morgan fingerprint density at radius 2 is 1.46 bits per heavy atom. The van der Waals surface area contributed by atoms with Gasteiger partial charge >= 0.3 is 23.9 Å². The number of fused-ring (bicyclic) bond motifs is 1. The molecule has 0 radical (unpaired) electrons. The number of ether oxygens (including phenoxy) is 5. The average Bonchev–Trinajstić information content (AvgIpc) is 2.93. The van der Waals surface area contributed by atoms with Gasteiger partial charge in [-0.15, -0.1) is 11.8 Å². The van der Waals surface area contributed by atoms with E-state index in [1.165, 1.54) is 33.3 Å². The van der Waals surface area contributed by atoms with Crippen molar-refractivity contribution in [1.29, 1.82) is 0 Å². The summed E-state index contributed by atoms with van der Waals surface area (Å²) in [5.74, 6) is -1.72. The molecule has 0 N–H and O–H groups in total. The Balaban J connectivity index is 1.79. The van der Waals surface area contributed by atoms with E-state index < -0.39 is 54.4 Å². The zero-order valence-electron chi connectivity index (χ0n) is 23.7. The van der Waals surface area contributed by atoms with E-state index in [0.717, 1.165) is 33.8 Å². The summed E-state index contributed by atoms with van der Waals surface area (Å²) >= 11 is 1.70. The first-order valence-electron chi connectivity index (χ1n) is 13.4. The van der Waals surface area contributed by atoms with Crippen LogP contribution in [-0.2, 0) is 49.3 Å². The molecule has 0 amide bonds. The minimum absolute atomic E-state index is 0.274. The van der Waals surface area contributed by atoms with Crippen molar-refractivity contribution in [3.05, 3.63) is 70.8 Å². The van der Waals surface area contributed by atoms with Gasteiger partial charge in [0.15, 0.2) is 18.3 Å². The van der Waals surface area contributed by atoms with Crippen LogP contribution < -0.4 is 0 Å². The fraction of sp³-hybridized carbons (Fsp3) is 0.419. The Hall–Kier alpha value is -3.63. The van der Waals surface area contributed by atoms with Crippen molar-refractivity contribution in [3.63, 3.8) is 0 Å². The molecule has 0 spiro atoms. The predicted octanol–water partition coefficient (Wildman–Crippen LogP) is 4.58. The molecule has 0 aromatic heterocycles. The van der Waals surface area contributed by atoms with E-state index in [-0.39, 0.29) is 6.61 Å². The number of carbonyl (C=O) groups excluding carboxylic acids is 4. The highest BCUT2D eigenvalue weighted by molar-refractivity contribution is 7.99. The topological polar surface area (TPSA) is 114 Å². The van der Waals surface area contributed by atoms with Crippen LogP contribution in [0.2, 0.25) is 0 Å². The van der Waals surface area contributed by atoms with Crippen molar-refractivity contribution in [2.45, 2.75) is 76.5 Å². The molecule has 1 saturated heterocycles. The van der Waals surface area contributed by atoms with Crippen LogP contribution in [-0.4, -0.2) is 60.7 Å². The first kappa shape index (κ1) is 30.3. The van der Waals surface area contributed by atoms with Crippen molar-refractivity contribution in [2.75, 3.05) is 12.4 Å². The molecule has 10 heteroatoms. The van der Waals surface area contributed by atoms with Gasteiger partial charge in [0.05, 0.1) is 0 Å². The van der Waals surface area contributed by atoms with Crippen LogP contribution in [0.1, 0.15) is 63.0 Å². The van der Waals surface area contributed by atoms with Crippen LogP contribution in [0.5, 0.6) is 0 Å². The number of hydrogen-bond donors (Lipinski definition) is 0. The lowest BCUT2D eigenvalue weighted by Gasteiger charge is -2.44. The number of thioether (sulfide) groups is 1. The summed E-state index contributed by atoms with van der Waals surface area (Å²) < 4.78 is 28.4. The second kappa shape index (κ2) is 13.4. The molecule has 2 aliphatic rings. The van der Waals surface area contributed by atoms with Crippen LogP contribution in [0, 0.1) is 0 Å². The highest BCUT2D eigenvalue weighted by Gasteiger charge is 2.52. The number of aryl methyl sites for hydroxylation is 1. The van der Waals surface area contributed by atoms with Crippen LogP contribution in [0.4, 0.5) is 0 Å². The SMILES string of the molecule is CCc1ccc(C2=CCSc3ccc(C4OC(COC(C)=O)C(OC(C)=O)C(OC(C)=O)C4OC(C)=O)cc32)cc1. The summed E-state index contributed by atoms with van der Waals surface area (Å²) in [4.78, 5) is 49.2. The molecular formula is C31H34O9S. The van der Waals surface area contributed by atoms with E-state index in [2.05, 4.69) is 37.3 Å². The first-order valence-corrected chi connectivity index (χ1v) is 14.4. The third-order valence-electron chi connectivity index (χ3n) is 6.81. The smallest absolute Gasteiger partial charge is 0.303 e. The van der Waals surface area contributed by atoms with E-state index in [1.807, 2.05) is 18.2 Å². The summed E-state index contributed by atoms with van der Waals surface area (Å²) in [6.07, 6.45) is -2.40. The lowest BCUT2D eigenvalue weighted by Crippen LogP contribution is -2.59. The molecular weight excluding hydrogens is 548 g/mol. The number of esters is 4. The Morgan fingerprint density at radius 3 is 2.07 bits per heavy atom. The van der Waals surface area contributed by atoms with Gasteiger partial charge in [-0.25, -0.2) is 0 Å². The van der Waals surface area contributed by atoms with Gasteiger partial charge in [-0.1, -0.05) is 43.3 Å². The predicted molar refractivity (Wildman–Crippen MR) is 151 cm³/mol. The van der Waals surface area contributed by atoms with E-state index in [9.17, 15) is 19.2 Å². The largest absolute Gasteiger partial charge is 0.463 e. The molecule has 41 heavy (non-hydrogen) atoms. The van der Waals surface area contributed by atoms with E-state index >= 15 is 0 Å². The van der Waals surface area contributed by atoms with Crippen molar-refractivity contribution in [3.8, 4) is 0 Å². The quantitative estimate of drug-likeness (QED) is 0.324. The van der Waals surface area contributed by atoms with Gasteiger partial charge in [0, 0.05) is 38.3 Å². The molecule has 9 nitrogen and oxygen atoms in total. The fourth-order valence-electron chi connectivity index (χ4n) is 5.08. The number of rotatable bonds is 8. The average molecular weight is 583 g/mol. The van der Waals surface area contributed by atoms with Gasteiger partial charge in [0.25, 0.3) is 0 Å². The molecule has 0 bridgehead atoms. The third-order valence-corrected chi connectivity index (χ3v) is 7.81. The molecule has 2 aliphatic heterocycles. The summed E-state index contributed by atoms with van der Waals surface area (Å²) in [7, 11) is 0. The highest BCUT2D eigenvalue weighted by Crippen LogP contribution is 2.42. The fourth-order valence-corrected chi connectivity index (χ4v) is 5.99. The summed E-state index contributed by atoms with van der Waals surface area (Å²) in [5, 5.41) is 0. The molecule has 5 atom stereocenters. The summed E-state index contributed by atoms with van der Waals surface area (Å²) in [6.45, 7) is 6.72. The van der Waals surface area contributed by atoms with Crippen LogP contribution >= 0.6 is 11.8 Å². The highest BCUT2D eigenvalue weighted by atomic mass is 32.2. The van der Waals surface area contributed by atoms with Crippen LogP contribution in [0.25, 0.3) is 5.57 Å². The molecule has 1 fully saturated rings. The third kappa shape index (κ3) is 7.37. The molecule has 2 aromatic rings. The molecule has 4 rings (SSSR count). The molecule has 2 aromatic carbocycles. The van der Waals surface area contributed by atoms with Gasteiger partial charge < -0.3 is 23.7 Å². The van der Waals surface area contributed by atoms with Gasteiger partial charge in [-0.2, -0.15) is 0 Å². The van der Waals surface area contributed by atoms with Crippen molar-refractivity contribution >= 4 is 41.2 Å². The van der Waals surface area contributed by atoms with Crippen LogP contribution in [0.15, 0.2) is 53.4 Å². The van der Waals surface area contributed by atoms with Crippen molar-refractivity contribution < 1.29 is 42.9 Å². The summed E-state index contributed by atoms with van der Waals surface area (Å²) in [5.41, 5.74) is 5.01. The number of hydrogen-bond acceptors (Lipinski definition) is 10. The van der Waals surface area contributed by atoms with Gasteiger partial charge in [-0.3, -0.25) is 19.2 Å². The second-order valence-electron chi connectivity index (χ2n) is 9.85. The molecule has 5 unspecified atom stereocenters. The Labute approximate surface area is 243 Å². The zero-order chi connectivity index (χ0) is 29.7. The first-order chi connectivity index (χ1) is 19.6. The zero-order valence-corrected chi connectivity index (χ0v) is 24.5. The normalized spacial score (nSPS) is 23.4. The van der Waals surface area contributed by atoms with Crippen molar-refractivity contribution in [1.82, 2.24) is 0 Å². The molecule has 2 heterocycles. The lowest BCUT2D eigenvalue weighted by molar-refractivity contribution is -0.254. The second-order valence-corrected chi connectivity index (χ2v) is 10.9. The molecule has 0 saturated carbocycles. The monoisotopic (exact) mass is 582 g/mol. The molecule has 218 valence electrons. The van der Waals surface area contributed by atoms with E-state index in [4.69, 9.17) is 23.7 Å². The van der Waals surface area contributed by atoms with Crippen molar-refractivity contribution in [2.24, 2.45) is 0 Å². The standard InChI is InChI=1S/C31H34O9S/c1-6-21-7-9-22(10-8-21)24-13-14-41-27-12-11-23(15-25(24)27)28-30(38-19(4)34)31(39-20(5)35)29(37-18(3)33)26(40-28)16-36-17(2)32/h7-13,15,26,28-31H,6,14,16H2,1-5H3. The molecule has 0 aliphatic carbocycles. The van der Waals surface area contributed by atoms with Gasteiger partial charge in [-0.05, 0) is 46.4 Å². The van der Waals surface area contributed by atoms with Crippen LogP contribution in [0.3, 0.4) is 0 Å². The van der Waals surface area contributed by atoms with E-state index in [1.54, 1.807) is 11.8 Å². The Morgan fingerprint density at radius 1 is 0.829 bits per heavy atom. The Bertz CT molecular complexity index is 1330. The lowest BCUT2D eigenvalue weighted by atomic mass is 9.88. The minimum atomic E-state index is -1.22. The minimum Gasteiger partial charge on any atom is -0.463 e.